The maximum atomic E-state index is 12.0. The van der Waals surface area contributed by atoms with Gasteiger partial charge in [-0.2, -0.15) is 0 Å². The molecule has 0 bridgehead atoms. The molecule has 0 heterocycles. The molecule has 0 spiro atoms. The van der Waals surface area contributed by atoms with Crippen molar-refractivity contribution < 1.29 is 14.9 Å². The molecule has 0 radical (unpaired) electrons. The second-order valence-corrected chi connectivity index (χ2v) is 6.06. The number of fused-ring (bicyclic) bond motifs is 3. The van der Waals surface area contributed by atoms with E-state index in [9.17, 15) is 10.2 Å². The minimum Gasteiger partial charge on any atom is -0.599 e. The topological polar surface area (TPSA) is 64.9 Å². The van der Waals surface area contributed by atoms with Crippen LogP contribution in [0.2, 0.25) is 0 Å². The van der Waals surface area contributed by atoms with E-state index in [1.807, 2.05) is 31.2 Å². The molecule has 0 saturated carbocycles. The van der Waals surface area contributed by atoms with Crippen LogP contribution in [0.3, 0.4) is 0 Å². The van der Waals surface area contributed by atoms with Crippen LogP contribution < -0.4 is 5.11 Å². The van der Waals surface area contributed by atoms with Crippen LogP contribution in [0.4, 0.5) is 0 Å². The second kappa shape index (κ2) is 7.49. The van der Waals surface area contributed by atoms with E-state index in [0.29, 0.717) is 6.42 Å². The quantitative estimate of drug-likeness (QED) is 0.656. The van der Waals surface area contributed by atoms with Crippen molar-refractivity contribution in [2.24, 2.45) is 4.99 Å². The third kappa shape index (κ3) is 3.29. The van der Waals surface area contributed by atoms with Gasteiger partial charge in [-0.05, 0) is 28.7 Å². The number of benzene rings is 2. The van der Waals surface area contributed by atoms with Gasteiger partial charge in [0.15, 0.2) is 0 Å². The highest BCUT2D eigenvalue weighted by Gasteiger charge is 2.26. The zero-order valence-electron chi connectivity index (χ0n) is 13.8. The highest BCUT2D eigenvalue weighted by Crippen LogP contribution is 2.44. The first kappa shape index (κ1) is 16.5. The van der Waals surface area contributed by atoms with Crippen LogP contribution in [-0.4, -0.2) is 30.4 Å². The van der Waals surface area contributed by atoms with Crippen LogP contribution in [0.15, 0.2) is 53.5 Å². The lowest BCUT2D eigenvalue weighted by atomic mass is 9.98. The van der Waals surface area contributed by atoms with Crippen molar-refractivity contribution in [1.29, 1.82) is 0 Å². The van der Waals surface area contributed by atoms with E-state index in [2.05, 4.69) is 29.3 Å². The van der Waals surface area contributed by atoms with Crippen LogP contribution in [0.25, 0.3) is 11.1 Å². The Bertz CT molecular complexity index is 681. The molecule has 4 nitrogen and oxygen atoms in total. The molecule has 0 fully saturated rings. The summed E-state index contributed by atoms with van der Waals surface area (Å²) in [5.74, 6) is 0.0373. The molecule has 1 aliphatic carbocycles. The summed E-state index contributed by atoms with van der Waals surface area (Å²) in [7, 11) is 0. The molecule has 0 saturated heterocycles. The SMILES string of the molecule is CCCC(CO)N=C([O-])OCC1c2ccccc2-c2ccccc21. The molecule has 1 aliphatic rings. The van der Waals surface area contributed by atoms with Crippen molar-refractivity contribution in [3.8, 4) is 11.1 Å². The van der Waals surface area contributed by atoms with Crippen molar-refractivity contribution in [2.75, 3.05) is 13.2 Å². The minimum atomic E-state index is -0.593. The van der Waals surface area contributed by atoms with Gasteiger partial charge in [0.1, 0.15) is 6.08 Å². The molecule has 4 heteroatoms. The van der Waals surface area contributed by atoms with Crippen molar-refractivity contribution in [3.63, 3.8) is 0 Å². The normalized spacial score (nSPS) is 15.0. The lowest BCUT2D eigenvalue weighted by Gasteiger charge is -2.22. The number of hydrogen-bond acceptors (Lipinski definition) is 4. The lowest BCUT2D eigenvalue weighted by molar-refractivity contribution is -0.251. The summed E-state index contributed by atoms with van der Waals surface area (Å²) < 4.78 is 5.40. The molecule has 0 amide bonds. The van der Waals surface area contributed by atoms with Gasteiger partial charge in [0, 0.05) is 12.5 Å². The fourth-order valence-electron chi connectivity index (χ4n) is 3.31. The largest absolute Gasteiger partial charge is 0.599 e. The molecule has 1 unspecified atom stereocenters. The average Bonchev–Trinajstić information content (AvgIpc) is 2.93. The van der Waals surface area contributed by atoms with Gasteiger partial charge in [-0.25, -0.2) is 0 Å². The van der Waals surface area contributed by atoms with Crippen molar-refractivity contribution in [1.82, 2.24) is 0 Å². The Morgan fingerprint density at radius 1 is 1.12 bits per heavy atom. The zero-order chi connectivity index (χ0) is 16.9. The standard InChI is InChI=1S/C20H23NO3/c1-2-7-14(12-22)21-20(23)24-13-19-17-10-5-3-8-15(17)16-9-4-6-11-18(16)19/h3-6,8-11,14,19,22H,2,7,12-13H2,1H3,(H,21,23)/p-1. The van der Waals surface area contributed by atoms with Gasteiger partial charge in [-0.3, -0.25) is 4.99 Å². The molecule has 126 valence electrons. The van der Waals surface area contributed by atoms with Gasteiger partial charge in [0.25, 0.3) is 0 Å². The van der Waals surface area contributed by atoms with E-state index >= 15 is 0 Å². The summed E-state index contributed by atoms with van der Waals surface area (Å²) in [6.45, 7) is 2.13. The molecule has 0 aromatic heterocycles. The summed E-state index contributed by atoms with van der Waals surface area (Å²) in [5, 5.41) is 21.2. The first-order chi connectivity index (χ1) is 11.7. The van der Waals surface area contributed by atoms with Crippen LogP contribution in [0.1, 0.15) is 36.8 Å². The Hall–Kier alpha value is -2.33. The fourth-order valence-corrected chi connectivity index (χ4v) is 3.31. The summed E-state index contributed by atoms with van der Waals surface area (Å²) in [4.78, 5) is 3.95. The molecular weight excluding hydrogens is 302 g/mol. The van der Waals surface area contributed by atoms with Crippen LogP contribution in [-0.2, 0) is 4.74 Å². The number of hydrogen-bond donors (Lipinski definition) is 1. The average molecular weight is 324 g/mol. The van der Waals surface area contributed by atoms with Gasteiger partial charge in [-0.15, -0.1) is 0 Å². The first-order valence-electron chi connectivity index (χ1n) is 8.41. The number of aliphatic hydroxyl groups excluding tert-OH is 1. The number of nitrogens with zero attached hydrogens (tertiary/aromatic N) is 1. The summed E-state index contributed by atoms with van der Waals surface area (Å²) >= 11 is 0. The molecule has 1 atom stereocenters. The van der Waals surface area contributed by atoms with E-state index in [1.165, 1.54) is 22.3 Å². The molecule has 3 rings (SSSR count). The predicted molar refractivity (Wildman–Crippen MR) is 92.9 cm³/mol. The lowest BCUT2D eigenvalue weighted by Crippen LogP contribution is -2.27. The Morgan fingerprint density at radius 3 is 2.25 bits per heavy atom. The van der Waals surface area contributed by atoms with Crippen molar-refractivity contribution >= 4 is 6.08 Å². The van der Waals surface area contributed by atoms with Crippen LogP contribution in [0, 0.1) is 0 Å². The van der Waals surface area contributed by atoms with Gasteiger partial charge in [0.2, 0.25) is 0 Å². The van der Waals surface area contributed by atoms with Crippen molar-refractivity contribution in [3.05, 3.63) is 59.7 Å². The Kier molecular flexibility index (Phi) is 5.16. The second-order valence-electron chi connectivity index (χ2n) is 6.06. The first-order valence-corrected chi connectivity index (χ1v) is 8.41. The minimum absolute atomic E-state index is 0.0373. The molecular formula is C20H22NO3-. The van der Waals surface area contributed by atoms with E-state index in [-0.39, 0.29) is 25.2 Å². The number of aliphatic hydroxyl groups is 1. The highest BCUT2D eigenvalue weighted by molar-refractivity contribution is 5.78. The van der Waals surface area contributed by atoms with Crippen molar-refractivity contribution in [2.45, 2.75) is 31.7 Å². The maximum absolute atomic E-state index is 12.0. The Labute approximate surface area is 142 Å². The van der Waals surface area contributed by atoms with E-state index in [4.69, 9.17) is 4.74 Å². The smallest absolute Gasteiger partial charge is 0.145 e. The summed E-state index contributed by atoms with van der Waals surface area (Å²) in [5.41, 5.74) is 4.76. The molecule has 0 aliphatic heterocycles. The Balaban J connectivity index is 1.77. The van der Waals surface area contributed by atoms with E-state index < -0.39 is 6.08 Å². The molecule has 24 heavy (non-hydrogen) atoms. The van der Waals surface area contributed by atoms with Gasteiger partial charge in [-0.1, -0.05) is 61.9 Å². The third-order valence-corrected chi connectivity index (χ3v) is 4.46. The van der Waals surface area contributed by atoms with E-state index in [0.717, 1.165) is 6.42 Å². The third-order valence-electron chi connectivity index (χ3n) is 4.46. The number of ether oxygens (including phenoxy) is 1. The predicted octanol–water partition coefficient (Wildman–Crippen LogP) is 2.69. The van der Waals surface area contributed by atoms with Gasteiger partial charge in [0.05, 0.1) is 12.6 Å². The van der Waals surface area contributed by atoms with Gasteiger partial charge < -0.3 is 14.9 Å². The molecule has 2 aromatic rings. The zero-order valence-corrected chi connectivity index (χ0v) is 13.8. The summed E-state index contributed by atoms with van der Waals surface area (Å²) in [6, 6.07) is 16.1. The monoisotopic (exact) mass is 324 g/mol. The molecule has 1 N–H and O–H groups in total. The Morgan fingerprint density at radius 2 is 1.71 bits per heavy atom. The van der Waals surface area contributed by atoms with Crippen LogP contribution >= 0.6 is 0 Å². The summed E-state index contributed by atoms with van der Waals surface area (Å²) in [6.07, 6.45) is 0.955. The van der Waals surface area contributed by atoms with E-state index in [1.54, 1.807) is 0 Å². The number of rotatable bonds is 6. The highest BCUT2D eigenvalue weighted by atomic mass is 16.6. The van der Waals surface area contributed by atoms with Crippen LogP contribution in [0.5, 0.6) is 0 Å². The molecule has 2 aromatic carbocycles. The van der Waals surface area contributed by atoms with Gasteiger partial charge >= 0.3 is 0 Å². The fraction of sp³-hybridized carbons (Fsp3) is 0.350. The number of aliphatic imine (C=N–C) groups is 1. The maximum Gasteiger partial charge on any atom is 0.145 e.